The Kier molecular flexibility index (Phi) is 3.89. The van der Waals surface area contributed by atoms with Crippen LogP contribution in [0, 0.1) is 5.82 Å². The van der Waals surface area contributed by atoms with Gasteiger partial charge in [-0.2, -0.15) is 0 Å². The molecule has 0 radical (unpaired) electrons. The van der Waals surface area contributed by atoms with Crippen molar-refractivity contribution in [1.82, 2.24) is 24.3 Å². The predicted octanol–water partition coefficient (Wildman–Crippen LogP) is 1.08. The Morgan fingerprint density at radius 2 is 2.14 bits per heavy atom. The van der Waals surface area contributed by atoms with Crippen molar-refractivity contribution < 1.29 is 9.18 Å². The van der Waals surface area contributed by atoms with E-state index in [4.69, 9.17) is 0 Å². The first kappa shape index (κ1) is 14.6. The molecule has 7 heteroatoms. The van der Waals surface area contributed by atoms with Crippen molar-refractivity contribution >= 4 is 5.91 Å². The topological polar surface area (TPSA) is 54.3 Å². The normalized spacial score (nSPS) is 19.4. The van der Waals surface area contributed by atoms with Crippen LogP contribution in [0.3, 0.4) is 0 Å². The molecule has 0 N–H and O–H groups in total. The van der Waals surface area contributed by atoms with Crippen molar-refractivity contribution in [2.75, 3.05) is 26.7 Å². The molecule has 1 saturated heterocycles. The van der Waals surface area contributed by atoms with Crippen molar-refractivity contribution in [3.8, 4) is 0 Å². The summed E-state index contributed by atoms with van der Waals surface area (Å²) in [5, 5.41) is 0. The first-order valence-electron chi connectivity index (χ1n) is 7.14. The van der Waals surface area contributed by atoms with Gasteiger partial charge >= 0.3 is 0 Å². The third-order valence-electron chi connectivity index (χ3n) is 4.09. The van der Waals surface area contributed by atoms with E-state index < -0.39 is 5.82 Å². The number of carbonyl (C=O) groups excluding carboxylic acids is 1. The van der Waals surface area contributed by atoms with E-state index in [0.29, 0.717) is 13.1 Å². The van der Waals surface area contributed by atoms with Crippen molar-refractivity contribution in [2.24, 2.45) is 7.05 Å². The minimum absolute atomic E-state index is 0.00241. The van der Waals surface area contributed by atoms with Gasteiger partial charge in [0, 0.05) is 45.3 Å². The number of imidazole rings is 1. The fourth-order valence-corrected chi connectivity index (χ4v) is 2.75. The Hall–Kier alpha value is -2.28. The third kappa shape index (κ3) is 2.59. The molecule has 1 atom stereocenters. The second-order valence-corrected chi connectivity index (χ2v) is 5.50. The molecule has 22 heavy (non-hydrogen) atoms. The highest BCUT2D eigenvalue weighted by molar-refractivity contribution is 5.94. The summed E-state index contributed by atoms with van der Waals surface area (Å²) in [4.78, 5) is 24.4. The quantitative estimate of drug-likeness (QED) is 0.833. The first-order chi connectivity index (χ1) is 10.6. The number of aryl methyl sites for hydroxylation is 1. The maximum atomic E-state index is 13.8. The molecule has 3 heterocycles. The summed E-state index contributed by atoms with van der Waals surface area (Å²) in [5.41, 5.74) is 0.0677. The number of rotatable bonds is 2. The Bertz CT molecular complexity index is 686. The van der Waals surface area contributed by atoms with Crippen molar-refractivity contribution in [3.05, 3.63) is 48.1 Å². The zero-order valence-electron chi connectivity index (χ0n) is 12.6. The maximum Gasteiger partial charge on any atom is 0.257 e. The lowest BCUT2D eigenvalue weighted by atomic mass is 10.1. The second kappa shape index (κ2) is 5.84. The van der Waals surface area contributed by atoms with Gasteiger partial charge in [0.1, 0.15) is 5.82 Å². The van der Waals surface area contributed by atoms with E-state index in [-0.39, 0.29) is 17.5 Å². The summed E-state index contributed by atoms with van der Waals surface area (Å²) in [5.74, 6) is 0.0161. The van der Waals surface area contributed by atoms with Gasteiger partial charge in [0.15, 0.2) is 5.82 Å². The molecule has 1 fully saturated rings. The van der Waals surface area contributed by atoms with Crippen LogP contribution in [0.25, 0.3) is 0 Å². The SMILES string of the molecule is CN1CCN(C(=O)c2ccncc2F)CC1c1nccn1C. The highest BCUT2D eigenvalue weighted by atomic mass is 19.1. The van der Waals surface area contributed by atoms with Gasteiger partial charge in [-0.1, -0.05) is 0 Å². The van der Waals surface area contributed by atoms with E-state index in [1.807, 2.05) is 24.9 Å². The van der Waals surface area contributed by atoms with Crippen LogP contribution in [0.4, 0.5) is 4.39 Å². The number of piperazine rings is 1. The lowest BCUT2D eigenvalue weighted by molar-refractivity contribution is 0.0524. The molecule has 1 amide bonds. The predicted molar refractivity (Wildman–Crippen MR) is 78.7 cm³/mol. The van der Waals surface area contributed by atoms with E-state index in [1.54, 1.807) is 11.1 Å². The molecular weight excluding hydrogens is 285 g/mol. The van der Waals surface area contributed by atoms with Gasteiger partial charge < -0.3 is 9.47 Å². The number of carbonyl (C=O) groups is 1. The lowest BCUT2D eigenvalue weighted by Gasteiger charge is -2.39. The van der Waals surface area contributed by atoms with E-state index >= 15 is 0 Å². The van der Waals surface area contributed by atoms with Gasteiger partial charge in [0.05, 0.1) is 17.8 Å². The van der Waals surface area contributed by atoms with Crippen LogP contribution in [0.1, 0.15) is 22.2 Å². The summed E-state index contributed by atoms with van der Waals surface area (Å²) in [7, 11) is 3.94. The fraction of sp³-hybridized carbons (Fsp3) is 0.400. The van der Waals surface area contributed by atoms with Gasteiger partial charge in [-0.15, -0.1) is 0 Å². The minimum atomic E-state index is -0.583. The standard InChI is InChI=1S/C15H18FN5O/c1-19-7-8-21(10-13(19)14-18-5-6-20(14)2)15(22)11-3-4-17-9-12(11)16/h3-6,9,13H,7-8,10H2,1-2H3. The molecule has 0 saturated carbocycles. The van der Waals surface area contributed by atoms with Crippen LogP contribution in [0.15, 0.2) is 30.9 Å². The second-order valence-electron chi connectivity index (χ2n) is 5.50. The van der Waals surface area contributed by atoms with Gasteiger partial charge in [-0.05, 0) is 13.1 Å². The molecule has 0 bridgehead atoms. The van der Waals surface area contributed by atoms with Crippen LogP contribution in [-0.4, -0.2) is 56.9 Å². The van der Waals surface area contributed by atoms with E-state index in [9.17, 15) is 9.18 Å². The number of pyridine rings is 1. The van der Waals surface area contributed by atoms with Gasteiger partial charge in [0.25, 0.3) is 5.91 Å². The molecule has 0 spiro atoms. The number of halogens is 1. The van der Waals surface area contributed by atoms with Crippen LogP contribution < -0.4 is 0 Å². The van der Waals surface area contributed by atoms with Gasteiger partial charge in [-0.3, -0.25) is 14.7 Å². The molecule has 3 rings (SSSR count). The fourth-order valence-electron chi connectivity index (χ4n) is 2.75. The minimum Gasteiger partial charge on any atom is -0.337 e. The highest BCUT2D eigenvalue weighted by Crippen LogP contribution is 2.23. The Morgan fingerprint density at radius 1 is 1.32 bits per heavy atom. The van der Waals surface area contributed by atoms with Crippen molar-refractivity contribution in [2.45, 2.75) is 6.04 Å². The van der Waals surface area contributed by atoms with Gasteiger partial charge in [0.2, 0.25) is 0 Å². The smallest absolute Gasteiger partial charge is 0.257 e. The zero-order valence-corrected chi connectivity index (χ0v) is 12.6. The molecule has 1 aliphatic heterocycles. The van der Waals surface area contributed by atoms with Crippen LogP contribution in [0.5, 0.6) is 0 Å². The Balaban J connectivity index is 1.83. The number of likely N-dealkylation sites (N-methyl/N-ethyl adjacent to an activating group) is 1. The first-order valence-corrected chi connectivity index (χ1v) is 7.14. The third-order valence-corrected chi connectivity index (χ3v) is 4.09. The lowest BCUT2D eigenvalue weighted by Crippen LogP contribution is -2.49. The molecule has 0 aromatic carbocycles. The molecule has 6 nitrogen and oxygen atoms in total. The average Bonchev–Trinajstić information content (AvgIpc) is 2.93. The number of amides is 1. The molecule has 0 aliphatic carbocycles. The summed E-state index contributed by atoms with van der Waals surface area (Å²) in [6, 6.07) is 1.42. The summed E-state index contributed by atoms with van der Waals surface area (Å²) in [6.45, 7) is 1.77. The molecule has 116 valence electrons. The monoisotopic (exact) mass is 303 g/mol. The highest BCUT2D eigenvalue weighted by Gasteiger charge is 2.31. The number of aromatic nitrogens is 3. The number of hydrogen-bond acceptors (Lipinski definition) is 4. The van der Waals surface area contributed by atoms with E-state index in [0.717, 1.165) is 18.6 Å². The van der Waals surface area contributed by atoms with Gasteiger partial charge in [-0.25, -0.2) is 9.37 Å². The molecule has 1 aliphatic rings. The zero-order chi connectivity index (χ0) is 15.7. The summed E-state index contributed by atoms with van der Waals surface area (Å²) in [6.07, 6.45) is 6.13. The van der Waals surface area contributed by atoms with E-state index in [1.165, 1.54) is 12.3 Å². The summed E-state index contributed by atoms with van der Waals surface area (Å²) >= 11 is 0. The van der Waals surface area contributed by atoms with Crippen molar-refractivity contribution in [1.29, 1.82) is 0 Å². The number of nitrogens with zero attached hydrogens (tertiary/aromatic N) is 5. The molecule has 2 aromatic rings. The van der Waals surface area contributed by atoms with Crippen LogP contribution in [-0.2, 0) is 7.05 Å². The molecular formula is C15H18FN5O. The Morgan fingerprint density at radius 3 is 2.82 bits per heavy atom. The maximum absolute atomic E-state index is 13.8. The largest absolute Gasteiger partial charge is 0.337 e. The molecule has 1 unspecified atom stereocenters. The van der Waals surface area contributed by atoms with Crippen LogP contribution >= 0.6 is 0 Å². The number of hydrogen-bond donors (Lipinski definition) is 0. The van der Waals surface area contributed by atoms with E-state index in [2.05, 4.69) is 14.9 Å². The van der Waals surface area contributed by atoms with Crippen LogP contribution in [0.2, 0.25) is 0 Å². The summed E-state index contributed by atoms with van der Waals surface area (Å²) < 4.78 is 15.7. The Labute approximate surface area is 128 Å². The van der Waals surface area contributed by atoms with Crippen molar-refractivity contribution in [3.63, 3.8) is 0 Å². The molecule has 2 aromatic heterocycles. The average molecular weight is 303 g/mol.